The first-order chi connectivity index (χ1) is 21.3. The van der Waals surface area contributed by atoms with Gasteiger partial charge >= 0.3 is 0 Å². The zero-order chi connectivity index (χ0) is 32.5. The van der Waals surface area contributed by atoms with Crippen molar-refractivity contribution in [3.8, 4) is 5.88 Å². The topological polar surface area (TPSA) is 121 Å². The molecule has 9 nitrogen and oxygen atoms in total. The fourth-order valence-electron chi connectivity index (χ4n) is 5.43. The number of anilines is 2. The predicted octanol–water partition coefficient (Wildman–Crippen LogP) is 6.60. The van der Waals surface area contributed by atoms with Crippen LogP contribution in [0.25, 0.3) is 11.2 Å². The average Bonchev–Trinajstić information content (AvgIpc) is 3.72. The van der Waals surface area contributed by atoms with Gasteiger partial charge in [0.05, 0.1) is 16.2 Å². The molecule has 2 heterocycles. The lowest BCUT2D eigenvalue weighted by Gasteiger charge is -2.28. The van der Waals surface area contributed by atoms with Crippen LogP contribution in [0.4, 0.5) is 38.0 Å². The number of amides is 2. The molecule has 16 heteroatoms. The van der Waals surface area contributed by atoms with E-state index in [-0.39, 0.29) is 71.8 Å². The number of carbonyl (C=O) groups excluding carboxylic acids is 2. The molecule has 0 radical (unpaired) electrons. The number of alkyl halides is 6. The molecule has 0 bridgehead atoms. The maximum atomic E-state index is 13.9. The first-order valence-corrected chi connectivity index (χ1v) is 14.8. The number of rotatable bonds is 12. The lowest BCUT2D eigenvalue weighted by Crippen LogP contribution is -2.41. The molecule has 2 aliphatic carbocycles. The lowest BCUT2D eigenvalue weighted by molar-refractivity contribution is -0.141. The van der Waals surface area contributed by atoms with Gasteiger partial charge in [-0.3, -0.25) is 9.59 Å². The molecule has 2 saturated carbocycles. The molecular weight excluding hydrogens is 630 g/mol. The number of imidazole rings is 1. The van der Waals surface area contributed by atoms with Gasteiger partial charge in [-0.15, -0.1) is 0 Å². The zero-order valence-corrected chi connectivity index (χ0v) is 24.8. The number of aromatic nitrogens is 3. The van der Waals surface area contributed by atoms with Gasteiger partial charge in [-0.2, -0.15) is 9.97 Å². The van der Waals surface area contributed by atoms with Crippen molar-refractivity contribution in [2.45, 2.75) is 76.8 Å². The number of fused-ring (bicyclic) bond motifs is 1. The maximum absolute atomic E-state index is 13.9. The Morgan fingerprint density at radius 1 is 1.11 bits per heavy atom. The van der Waals surface area contributed by atoms with Gasteiger partial charge in [-0.1, -0.05) is 17.7 Å². The molecule has 2 aromatic heterocycles. The number of pyridine rings is 1. The summed E-state index contributed by atoms with van der Waals surface area (Å²) in [4.78, 5) is 37.0. The van der Waals surface area contributed by atoms with E-state index in [1.165, 1.54) is 6.07 Å². The lowest BCUT2D eigenvalue weighted by atomic mass is 9.86. The van der Waals surface area contributed by atoms with Gasteiger partial charge < -0.3 is 25.7 Å². The van der Waals surface area contributed by atoms with Gasteiger partial charge in [0.25, 0.3) is 18.3 Å². The summed E-state index contributed by atoms with van der Waals surface area (Å²) in [5, 5.41) is 8.54. The molecule has 3 aromatic rings. The van der Waals surface area contributed by atoms with Crippen molar-refractivity contribution in [2.24, 2.45) is 11.3 Å². The van der Waals surface area contributed by atoms with E-state index in [0.717, 1.165) is 6.92 Å². The second kappa shape index (κ2) is 12.9. The summed E-state index contributed by atoms with van der Waals surface area (Å²) in [6.07, 6.45) is -3.88. The number of halogens is 7. The van der Waals surface area contributed by atoms with E-state index < -0.39 is 48.5 Å². The quantitative estimate of drug-likeness (QED) is 0.162. The van der Waals surface area contributed by atoms with Gasteiger partial charge in [0.2, 0.25) is 24.2 Å². The van der Waals surface area contributed by atoms with E-state index in [9.17, 15) is 35.9 Å². The van der Waals surface area contributed by atoms with Crippen molar-refractivity contribution in [2.75, 3.05) is 11.9 Å². The first kappa shape index (κ1) is 32.6. The van der Waals surface area contributed by atoms with Crippen LogP contribution in [0.1, 0.15) is 61.4 Å². The maximum Gasteiger partial charge on any atom is 0.272 e. The Morgan fingerprint density at radius 2 is 1.82 bits per heavy atom. The Bertz CT molecular complexity index is 1550. The minimum Gasteiger partial charge on any atom is -0.471 e. The number of hydrogen-bond donors (Lipinski definition) is 4. The van der Waals surface area contributed by atoms with Crippen molar-refractivity contribution < 1.29 is 40.7 Å². The third kappa shape index (κ3) is 7.39. The molecule has 0 atom stereocenters. The van der Waals surface area contributed by atoms with Crippen LogP contribution in [0.15, 0.2) is 24.3 Å². The fourth-order valence-corrected chi connectivity index (χ4v) is 5.59. The minimum absolute atomic E-state index is 0.0305. The highest BCUT2D eigenvalue weighted by Gasteiger charge is 2.64. The fraction of sp³-hybridized carbons (Fsp3) is 0.517. The van der Waals surface area contributed by atoms with Crippen molar-refractivity contribution in [1.29, 1.82) is 0 Å². The third-order valence-electron chi connectivity index (χ3n) is 8.25. The number of aromatic amines is 1. The predicted molar refractivity (Wildman–Crippen MR) is 153 cm³/mol. The number of benzene rings is 1. The number of nitrogens with zero attached hydrogens (tertiary/aromatic N) is 2. The van der Waals surface area contributed by atoms with Gasteiger partial charge in [-0.05, 0) is 62.3 Å². The van der Waals surface area contributed by atoms with E-state index in [4.69, 9.17) is 16.3 Å². The van der Waals surface area contributed by atoms with Crippen molar-refractivity contribution in [1.82, 2.24) is 25.6 Å². The molecular formula is C29H31ClF6N6O3. The monoisotopic (exact) mass is 660 g/mol. The highest BCUT2D eigenvalue weighted by Crippen LogP contribution is 2.56. The summed E-state index contributed by atoms with van der Waals surface area (Å²) in [6, 6.07) is 5.71. The summed E-state index contributed by atoms with van der Waals surface area (Å²) in [6.45, 7) is -0.319. The molecule has 5 rings (SSSR count). The van der Waals surface area contributed by atoms with E-state index in [1.807, 2.05) is 0 Å². The second-order valence-corrected chi connectivity index (χ2v) is 11.9. The minimum atomic E-state index is -3.14. The Morgan fingerprint density at radius 3 is 2.44 bits per heavy atom. The van der Waals surface area contributed by atoms with Crippen molar-refractivity contribution in [3.05, 3.63) is 40.4 Å². The Kier molecular flexibility index (Phi) is 9.38. The van der Waals surface area contributed by atoms with Crippen LogP contribution in [0.2, 0.25) is 5.02 Å². The number of carbonyl (C=O) groups is 2. The van der Waals surface area contributed by atoms with Gasteiger partial charge in [0.1, 0.15) is 11.0 Å². The summed E-state index contributed by atoms with van der Waals surface area (Å²) >= 11 is 6.34. The summed E-state index contributed by atoms with van der Waals surface area (Å²) < 4.78 is 84.9. The van der Waals surface area contributed by atoms with Crippen molar-refractivity contribution >= 4 is 46.2 Å². The van der Waals surface area contributed by atoms with E-state index in [2.05, 4.69) is 30.9 Å². The largest absolute Gasteiger partial charge is 0.471 e. The molecule has 0 aliphatic heterocycles. The molecule has 4 N–H and O–H groups in total. The molecule has 2 aliphatic rings. The standard InChI is InChI=1S/C29H31ClF6N6O3/c1-28(35,36)29(8-9-29)26(44)37-12-14-2-7-18(30)19(10-14)39-27-40-20-11-17(25(41-23(20)42-27)45-13-21(31)32)24(43)38-16-5-3-15(4-6-16)22(33)34/h2,7,10-11,15-16,21-22H,3-6,8-9,12-13H2,1H3,(H,37,44)(H,38,43)(H2,39,40,41,42). The SMILES string of the molecule is CC(F)(F)C1(C(=O)NCc2ccc(Cl)c(Nc3nc4nc(OCC(F)F)c(C(=O)NC5CCC(C(F)F)CC5)cc4[nH]3)c2)CC1. The molecule has 45 heavy (non-hydrogen) atoms. The van der Waals surface area contributed by atoms with E-state index >= 15 is 0 Å². The molecule has 0 saturated heterocycles. The summed E-state index contributed by atoms with van der Waals surface area (Å²) in [5.41, 5.74) is -0.645. The summed E-state index contributed by atoms with van der Waals surface area (Å²) in [5.74, 6) is -5.51. The normalized spacial score (nSPS) is 19.5. The van der Waals surface area contributed by atoms with Crippen LogP contribution < -0.4 is 20.7 Å². The molecule has 244 valence electrons. The second-order valence-electron chi connectivity index (χ2n) is 11.5. The number of hydrogen-bond acceptors (Lipinski definition) is 6. The van der Waals surface area contributed by atoms with Crippen LogP contribution in [0.3, 0.4) is 0 Å². The molecule has 2 amide bonds. The molecule has 2 fully saturated rings. The van der Waals surface area contributed by atoms with E-state index in [0.29, 0.717) is 24.1 Å². The van der Waals surface area contributed by atoms with Crippen LogP contribution in [0, 0.1) is 11.3 Å². The average molecular weight is 661 g/mol. The van der Waals surface area contributed by atoms with Gasteiger partial charge in [0.15, 0.2) is 12.3 Å². The Labute approximate surface area is 258 Å². The molecule has 0 spiro atoms. The molecule has 0 unspecified atom stereocenters. The van der Waals surface area contributed by atoms with Crippen molar-refractivity contribution in [3.63, 3.8) is 0 Å². The Balaban J connectivity index is 1.31. The first-order valence-electron chi connectivity index (χ1n) is 14.4. The summed E-state index contributed by atoms with van der Waals surface area (Å²) in [7, 11) is 0. The highest BCUT2D eigenvalue weighted by molar-refractivity contribution is 6.33. The van der Waals surface area contributed by atoms with Gasteiger partial charge in [0, 0.05) is 25.4 Å². The zero-order valence-electron chi connectivity index (χ0n) is 24.0. The Hall–Kier alpha value is -3.75. The van der Waals surface area contributed by atoms with Crippen LogP contribution in [-0.4, -0.2) is 58.2 Å². The number of H-pyrrole nitrogens is 1. The smallest absolute Gasteiger partial charge is 0.272 e. The van der Waals surface area contributed by atoms with Crippen LogP contribution in [-0.2, 0) is 11.3 Å². The van der Waals surface area contributed by atoms with Gasteiger partial charge in [-0.25, -0.2) is 26.3 Å². The number of nitrogens with one attached hydrogen (secondary N) is 4. The van der Waals surface area contributed by atoms with Crippen LogP contribution >= 0.6 is 11.6 Å². The molecule has 1 aromatic carbocycles. The number of ether oxygens (including phenoxy) is 1. The van der Waals surface area contributed by atoms with E-state index in [1.54, 1.807) is 18.2 Å². The third-order valence-corrected chi connectivity index (χ3v) is 8.58. The highest BCUT2D eigenvalue weighted by atomic mass is 35.5. The van der Waals surface area contributed by atoms with Crippen LogP contribution in [0.5, 0.6) is 5.88 Å².